The summed E-state index contributed by atoms with van der Waals surface area (Å²) < 4.78 is 8.80. The van der Waals surface area contributed by atoms with Crippen molar-refractivity contribution in [3.8, 4) is 11.5 Å². The third kappa shape index (κ3) is 3.47. The number of furan rings is 1. The van der Waals surface area contributed by atoms with E-state index in [2.05, 4.69) is 15.1 Å². The minimum absolute atomic E-state index is 0.0252. The van der Waals surface area contributed by atoms with Gasteiger partial charge in [0, 0.05) is 6.20 Å². The first kappa shape index (κ1) is 20.3. The highest BCUT2D eigenvalue weighted by molar-refractivity contribution is 6.02. The molecule has 5 aromatic rings. The molecular weight excluding hydrogens is 424 g/mol. The molecule has 0 saturated carbocycles. The molecule has 0 radical (unpaired) electrons. The summed E-state index contributed by atoms with van der Waals surface area (Å²) in [4.78, 5) is 33.2. The Morgan fingerprint density at radius 3 is 2.61 bits per heavy atom. The zero-order valence-corrected chi connectivity index (χ0v) is 17.8. The number of rotatable bonds is 5. The van der Waals surface area contributed by atoms with E-state index >= 15 is 0 Å². The van der Waals surface area contributed by atoms with Gasteiger partial charge in [-0.25, -0.2) is 4.98 Å². The molecule has 0 atom stereocenters. The predicted octanol–water partition coefficient (Wildman–Crippen LogP) is 4.15. The largest absolute Gasteiger partial charge is 0.454 e. The summed E-state index contributed by atoms with van der Waals surface area (Å²) in [6.07, 6.45) is 1.64. The summed E-state index contributed by atoms with van der Waals surface area (Å²) >= 11 is 0. The maximum Gasteiger partial charge on any atom is 0.312 e. The Morgan fingerprint density at radius 1 is 1.09 bits per heavy atom. The molecule has 0 unspecified atom stereocenters. The van der Waals surface area contributed by atoms with Crippen molar-refractivity contribution in [3.05, 3.63) is 93.8 Å². The van der Waals surface area contributed by atoms with Gasteiger partial charge in [0.2, 0.25) is 0 Å². The molecule has 4 heterocycles. The normalized spacial score (nSPS) is 11.2. The van der Waals surface area contributed by atoms with Crippen molar-refractivity contribution in [2.45, 2.75) is 20.4 Å². The van der Waals surface area contributed by atoms with Crippen LogP contribution in [0.1, 0.15) is 27.7 Å². The first-order chi connectivity index (χ1) is 15.9. The van der Waals surface area contributed by atoms with Crippen molar-refractivity contribution in [1.29, 1.82) is 0 Å². The molecule has 0 fully saturated rings. The minimum atomic E-state index is -0.450. The van der Waals surface area contributed by atoms with Crippen LogP contribution in [0, 0.1) is 24.0 Å². The van der Waals surface area contributed by atoms with E-state index in [1.807, 2.05) is 30.3 Å². The molecule has 0 spiro atoms. The van der Waals surface area contributed by atoms with Gasteiger partial charge in [-0.15, -0.1) is 0 Å². The SMILES string of the molecule is Cc1nn(Cc2ccc(C(=O)n3c(-c4ccccn4)nc4ccccc43)o2)c(C)c1[N+](=O)[O-]. The number of nitrogens with zero attached hydrogens (tertiary/aromatic N) is 6. The van der Waals surface area contributed by atoms with Crippen LogP contribution in [0.3, 0.4) is 0 Å². The molecule has 5 rings (SSSR count). The molecule has 33 heavy (non-hydrogen) atoms. The number of carbonyl (C=O) groups is 1. The van der Waals surface area contributed by atoms with E-state index in [-0.39, 0.29) is 18.0 Å². The van der Waals surface area contributed by atoms with Gasteiger partial charge in [0.25, 0.3) is 5.91 Å². The Morgan fingerprint density at radius 2 is 1.88 bits per heavy atom. The monoisotopic (exact) mass is 442 g/mol. The number of pyridine rings is 1. The summed E-state index contributed by atoms with van der Waals surface area (Å²) in [6.45, 7) is 3.37. The van der Waals surface area contributed by atoms with Crippen molar-refractivity contribution >= 4 is 22.6 Å². The highest BCUT2D eigenvalue weighted by Gasteiger charge is 2.24. The van der Waals surface area contributed by atoms with Crippen LogP contribution in [0.5, 0.6) is 0 Å². The van der Waals surface area contributed by atoms with Crippen molar-refractivity contribution in [2.24, 2.45) is 0 Å². The molecule has 0 aliphatic carbocycles. The zero-order valence-electron chi connectivity index (χ0n) is 17.8. The van der Waals surface area contributed by atoms with Crippen molar-refractivity contribution in [3.63, 3.8) is 0 Å². The van der Waals surface area contributed by atoms with Gasteiger partial charge in [-0.3, -0.25) is 29.1 Å². The third-order valence-electron chi connectivity index (χ3n) is 5.36. The van der Waals surface area contributed by atoms with Gasteiger partial charge >= 0.3 is 5.69 Å². The van der Waals surface area contributed by atoms with Gasteiger partial charge in [0.1, 0.15) is 22.8 Å². The quantitative estimate of drug-likeness (QED) is 0.296. The zero-order chi connectivity index (χ0) is 23.1. The summed E-state index contributed by atoms with van der Waals surface area (Å²) in [5, 5.41) is 15.5. The maximum absolute atomic E-state index is 13.5. The maximum atomic E-state index is 13.5. The molecule has 164 valence electrons. The lowest BCUT2D eigenvalue weighted by molar-refractivity contribution is -0.386. The van der Waals surface area contributed by atoms with E-state index in [1.54, 1.807) is 44.3 Å². The second-order valence-electron chi connectivity index (χ2n) is 7.48. The fourth-order valence-electron chi connectivity index (χ4n) is 3.84. The van der Waals surface area contributed by atoms with Gasteiger partial charge in [-0.1, -0.05) is 18.2 Å². The number of fused-ring (bicyclic) bond motifs is 1. The van der Waals surface area contributed by atoms with Crippen LogP contribution in [0.25, 0.3) is 22.6 Å². The molecule has 0 amide bonds. The van der Waals surface area contributed by atoms with Crippen LogP contribution in [-0.2, 0) is 6.54 Å². The van der Waals surface area contributed by atoms with Crippen molar-refractivity contribution in [1.82, 2.24) is 24.3 Å². The average molecular weight is 442 g/mol. The number of hydrogen-bond donors (Lipinski definition) is 0. The minimum Gasteiger partial charge on any atom is -0.454 e. The van der Waals surface area contributed by atoms with Gasteiger partial charge in [0.05, 0.1) is 22.5 Å². The van der Waals surface area contributed by atoms with Crippen molar-refractivity contribution < 1.29 is 14.1 Å². The Balaban J connectivity index is 1.52. The van der Waals surface area contributed by atoms with Crippen LogP contribution >= 0.6 is 0 Å². The molecule has 10 nitrogen and oxygen atoms in total. The predicted molar refractivity (Wildman–Crippen MR) is 119 cm³/mol. The van der Waals surface area contributed by atoms with Crippen LogP contribution in [-0.4, -0.2) is 35.1 Å². The summed E-state index contributed by atoms with van der Waals surface area (Å²) in [6, 6.07) is 16.0. The number of nitro groups is 1. The summed E-state index contributed by atoms with van der Waals surface area (Å²) in [5.41, 5.74) is 2.57. The van der Waals surface area contributed by atoms with Gasteiger partial charge in [-0.2, -0.15) is 5.10 Å². The van der Waals surface area contributed by atoms with Gasteiger partial charge < -0.3 is 4.42 Å². The highest BCUT2D eigenvalue weighted by Crippen LogP contribution is 2.26. The number of imidazole rings is 1. The number of para-hydroxylation sites is 2. The first-order valence-corrected chi connectivity index (χ1v) is 10.1. The molecule has 0 N–H and O–H groups in total. The van der Waals surface area contributed by atoms with Crippen LogP contribution in [0.15, 0.2) is 65.2 Å². The van der Waals surface area contributed by atoms with Gasteiger partial charge in [0.15, 0.2) is 11.6 Å². The molecule has 4 aromatic heterocycles. The van der Waals surface area contributed by atoms with E-state index in [0.29, 0.717) is 39.7 Å². The van der Waals surface area contributed by atoms with E-state index < -0.39 is 10.8 Å². The van der Waals surface area contributed by atoms with E-state index in [9.17, 15) is 14.9 Å². The van der Waals surface area contributed by atoms with Crippen LogP contribution in [0.2, 0.25) is 0 Å². The Bertz CT molecular complexity index is 1510. The fourth-order valence-corrected chi connectivity index (χ4v) is 3.84. The van der Waals surface area contributed by atoms with Crippen molar-refractivity contribution in [2.75, 3.05) is 0 Å². The second-order valence-corrected chi connectivity index (χ2v) is 7.48. The average Bonchev–Trinajstić information content (AvgIpc) is 3.50. The Hall–Kier alpha value is -4.60. The van der Waals surface area contributed by atoms with Crippen LogP contribution in [0.4, 0.5) is 5.69 Å². The smallest absolute Gasteiger partial charge is 0.312 e. The molecule has 0 saturated heterocycles. The Labute approximate surface area is 187 Å². The first-order valence-electron chi connectivity index (χ1n) is 10.1. The number of benzene rings is 1. The summed E-state index contributed by atoms with van der Waals surface area (Å²) in [7, 11) is 0. The lowest BCUT2D eigenvalue weighted by atomic mass is 10.3. The van der Waals surface area contributed by atoms with Gasteiger partial charge in [-0.05, 0) is 50.2 Å². The highest BCUT2D eigenvalue weighted by atomic mass is 16.6. The Kier molecular flexibility index (Phi) is 4.82. The number of aryl methyl sites for hydroxylation is 1. The molecule has 0 aliphatic rings. The van der Waals surface area contributed by atoms with E-state index in [0.717, 1.165) is 0 Å². The number of aromatic nitrogens is 5. The topological polar surface area (TPSA) is 122 Å². The van der Waals surface area contributed by atoms with Crippen LogP contribution < -0.4 is 0 Å². The fraction of sp³-hybridized carbons (Fsp3) is 0.130. The number of hydrogen-bond acceptors (Lipinski definition) is 7. The standard InChI is InChI=1S/C23H18N6O4/c1-14-21(29(31)32)15(2)27(26-14)13-16-10-11-20(33-16)23(30)28-19-9-4-3-7-17(19)25-22(28)18-8-5-6-12-24-18/h3-12H,13H2,1-2H3. The molecular formula is C23H18N6O4. The number of carbonyl (C=O) groups excluding carboxylic acids is 1. The lowest BCUT2D eigenvalue weighted by Gasteiger charge is -2.06. The summed E-state index contributed by atoms with van der Waals surface area (Å²) in [5.74, 6) is 0.577. The van der Waals surface area contributed by atoms with E-state index in [4.69, 9.17) is 4.42 Å². The molecule has 0 aliphatic heterocycles. The molecule has 1 aromatic carbocycles. The van der Waals surface area contributed by atoms with E-state index in [1.165, 1.54) is 9.25 Å². The third-order valence-corrected chi connectivity index (χ3v) is 5.36. The molecule has 10 heteroatoms. The lowest BCUT2D eigenvalue weighted by Crippen LogP contribution is -2.13. The molecule has 0 bridgehead atoms. The second kappa shape index (κ2) is 7.83.